The molecule has 0 atom stereocenters. The van der Waals surface area contributed by atoms with Crippen LogP contribution in [0.1, 0.15) is 10.5 Å². The van der Waals surface area contributed by atoms with E-state index >= 15 is 0 Å². The summed E-state index contributed by atoms with van der Waals surface area (Å²) in [5, 5.41) is 4.12. The number of carbonyl (C=O) groups excluding carboxylic acids is 2. The van der Waals surface area contributed by atoms with Crippen LogP contribution >= 0.6 is 11.3 Å². The van der Waals surface area contributed by atoms with E-state index in [9.17, 15) is 18.4 Å². The van der Waals surface area contributed by atoms with Gasteiger partial charge < -0.3 is 14.8 Å². The lowest BCUT2D eigenvalue weighted by atomic mass is 10.2. The zero-order valence-electron chi connectivity index (χ0n) is 14.6. The maximum Gasteiger partial charge on any atom is 0.358 e. The van der Waals surface area contributed by atoms with Crippen molar-refractivity contribution in [2.75, 3.05) is 19.0 Å². The molecule has 3 aromatic rings. The van der Waals surface area contributed by atoms with Crippen molar-refractivity contribution in [3.05, 3.63) is 65.2 Å². The lowest BCUT2D eigenvalue weighted by Gasteiger charge is -2.07. The molecule has 0 radical (unpaired) electrons. The van der Waals surface area contributed by atoms with Crippen LogP contribution in [0.15, 0.2) is 47.8 Å². The first kappa shape index (κ1) is 19.4. The fourth-order valence-electron chi connectivity index (χ4n) is 2.23. The van der Waals surface area contributed by atoms with Crippen molar-refractivity contribution < 1.29 is 27.8 Å². The lowest BCUT2D eigenvalue weighted by molar-refractivity contribution is -0.119. The number of nitrogens with one attached hydrogen (secondary N) is 1. The number of halogens is 2. The van der Waals surface area contributed by atoms with E-state index in [1.807, 2.05) is 5.32 Å². The summed E-state index contributed by atoms with van der Waals surface area (Å²) in [5.74, 6) is -2.85. The summed E-state index contributed by atoms with van der Waals surface area (Å²) in [6.45, 7) is -0.706. The van der Waals surface area contributed by atoms with Gasteiger partial charge >= 0.3 is 5.97 Å². The molecule has 6 nitrogen and oxygen atoms in total. The molecule has 0 aliphatic carbocycles. The van der Waals surface area contributed by atoms with Crippen LogP contribution in [0.4, 0.5) is 14.5 Å². The Bertz CT molecular complexity index is 985. The van der Waals surface area contributed by atoms with Crippen molar-refractivity contribution in [3.8, 4) is 16.3 Å². The molecule has 0 unspecified atom stereocenters. The van der Waals surface area contributed by atoms with Crippen LogP contribution in [-0.4, -0.2) is 30.6 Å². The highest BCUT2D eigenvalue weighted by Crippen LogP contribution is 2.26. The second kappa shape index (κ2) is 8.57. The third kappa shape index (κ3) is 4.49. The fraction of sp³-hybridized carbons (Fsp3) is 0.105. The van der Waals surface area contributed by atoms with Crippen LogP contribution in [0.2, 0.25) is 0 Å². The summed E-state index contributed by atoms with van der Waals surface area (Å²) in [7, 11) is 1.56. The zero-order valence-corrected chi connectivity index (χ0v) is 15.4. The van der Waals surface area contributed by atoms with Crippen LogP contribution in [0.3, 0.4) is 0 Å². The molecule has 1 amide bonds. The molecule has 1 aromatic heterocycles. The van der Waals surface area contributed by atoms with E-state index in [1.54, 1.807) is 31.4 Å². The molecule has 0 saturated heterocycles. The van der Waals surface area contributed by atoms with E-state index in [2.05, 4.69) is 4.98 Å². The van der Waals surface area contributed by atoms with Crippen molar-refractivity contribution in [2.45, 2.75) is 0 Å². The van der Waals surface area contributed by atoms with Crippen LogP contribution in [-0.2, 0) is 9.53 Å². The highest BCUT2D eigenvalue weighted by molar-refractivity contribution is 7.13. The molecule has 0 spiro atoms. The number of benzene rings is 2. The van der Waals surface area contributed by atoms with Crippen molar-refractivity contribution in [2.24, 2.45) is 0 Å². The van der Waals surface area contributed by atoms with Crippen LogP contribution in [0, 0.1) is 11.6 Å². The second-order valence-corrected chi connectivity index (χ2v) is 6.35. The molecule has 28 heavy (non-hydrogen) atoms. The molecule has 9 heteroatoms. The van der Waals surface area contributed by atoms with E-state index < -0.39 is 35.8 Å². The maximum atomic E-state index is 13.5. The van der Waals surface area contributed by atoms with Crippen molar-refractivity contribution in [1.82, 2.24) is 4.98 Å². The summed E-state index contributed by atoms with van der Waals surface area (Å²) < 4.78 is 37.0. The summed E-state index contributed by atoms with van der Waals surface area (Å²) in [4.78, 5) is 28.0. The molecular weight excluding hydrogens is 390 g/mol. The smallest absolute Gasteiger partial charge is 0.358 e. The zero-order chi connectivity index (χ0) is 20.1. The molecule has 0 aliphatic heterocycles. The Hall–Kier alpha value is -3.33. The maximum absolute atomic E-state index is 13.5. The highest BCUT2D eigenvalue weighted by atomic mass is 32.1. The number of rotatable bonds is 6. The Morgan fingerprint density at radius 3 is 2.43 bits per heavy atom. The van der Waals surface area contributed by atoms with Crippen molar-refractivity contribution in [3.63, 3.8) is 0 Å². The van der Waals surface area contributed by atoms with Gasteiger partial charge in [0, 0.05) is 10.9 Å². The number of hydrogen-bond donors (Lipinski definition) is 1. The van der Waals surface area contributed by atoms with E-state index in [1.165, 1.54) is 22.8 Å². The molecule has 2 aromatic carbocycles. The van der Waals surface area contributed by atoms with Gasteiger partial charge in [0.15, 0.2) is 12.3 Å². The minimum absolute atomic E-state index is 0.0284. The second-order valence-electron chi connectivity index (χ2n) is 5.49. The van der Waals surface area contributed by atoms with Gasteiger partial charge in [0.2, 0.25) is 0 Å². The molecule has 0 aliphatic rings. The molecule has 0 bridgehead atoms. The number of methoxy groups -OCH3 is 1. The Kier molecular flexibility index (Phi) is 5.95. The first-order valence-electron chi connectivity index (χ1n) is 7.99. The van der Waals surface area contributed by atoms with E-state index in [0.717, 1.165) is 17.7 Å². The topological polar surface area (TPSA) is 77.5 Å². The van der Waals surface area contributed by atoms with Gasteiger partial charge in [0.25, 0.3) is 5.91 Å². The normalized spacial score (nSPS) is 10.4. The predicted molar refractivity (Wildman–Crippen MR) is 99.4 cm³/mol. The van der Waals surface area contributed by atoms with Crippen molar-refractivity contribution >= 4 is 28.9 Å². The van der Waals surface area contributed by atoms with Crippen LogP contribution < -0.4 is 10.1 Å². The van der Waals surface area contributed by atoms with Gasteiger partial charge in [-0.3, -0.25) is 4.79 Å². The van der Waals surface area contributed by atoms with Crippen LogP contribution in [0.5, 0.6) is 5.75 Å². The minimum Gasteiger partial charge on any atom is -0.497 e. The summed E-state index contributed by atoms with van der Waals surface area (Å²) in [6.07, 6.45) is 0. The minimum atomic E-state index is -0.927. The number of carbonyl (C=O) groups is 2. The first-order chi connectivity index (χ1) is 13.5. The highest BCUT2D eigenvalue weighted by Gasteiger charge is 2.17. The Morgan fingerprint density at radius 2 is 1.79 bits per heavy atom. The number of ether oxygens (including phenoxy) is 2. The molecule has 1 heterocycles. The number of anilines is 1. The Morgan fingerprint density at radius 1 is 1.11 bits per heavy atom. The van der Waals surface area contributed by atoms with E-state index in [-0.39, 0.29) is 5.69 Å². The summed E-state index contributed by atoms with van der Waals surface area (Å²) in [6, 6.07) is 10.3. The predicted octanol–water partition coefficient (Wildman–Crippen LogP) is 3.89. The average Bonchev–Trinajstić information content (AvgIpc) is 3.19. The SMILES string of the molecule is COc1ccc(-c2nc(C(=O)OCC(=O)Nc3c(F)cccc3F)cs2)cc1. The fourth-order valence-corrected chi connectivity index (χ4v) is 3.03. The standard InChI is InChI=1S/C19H14F2N2O4S/c1-26-12-7-5-11(6-8-12)18-22-15(10-28-18)19(25)27-9-16(24)23-17-13(20)3-2-4-14(17)21/h2-8,10H,9H2,1H3,(H,23,24). The first-order valence-corrected chi connectivity index (χ1v) is 8.87. The molecule has 1 N–H and O–H groups in total. The number of thiazole rings is 1. The molecule has 0 saturated carbocycles. The van der Waals surface area contributed by atoms with Gasteiger partial charge in [-0.1, -0.05) is 6.07 Å². The Labute approximate surface area is 162 Å². The lowest BCUT2D eigenvalue weighted by Crippen LogP contribution is -2.22. The molecule has 3 rings (SSSR count). The van der Waals surface area contributed by atoms with Gasteiger partial charge in [0.05, 0.1) is 7.11 Å². The van der Waals surface area contributed by atoms with Gasteiger partial charge in [0.1, 0.15) is 28.1 Å². The summed E-state index contributed by atoms with van der Waals surface area (Å²) in [5.41, 5.74) is 0.220. The third-order valence-corrected chi connectivity index (χ3v) is 4.50. The van der Waals surface area contributed by atoms with Gasteiger partial charge in [-0.15, -0.1) is 11.3 Å². The number of hydrogen-bond acceptors (Lipinski definition) is 6. The quantitative estimate of drug-likeness (QED) is 0.631. The van der Waals surface area contributed by atoms with E-state index in [0.29, 0.717) is 10.8 Å². The van der Waals surface area contributed by atoms with Gasteiger partial charge in [-0.25, -0.2) is 18.6 Å². The van der Waals surface area contributed by atoms with E-state index in [4.69, 9.17) is 9.47 Å². The number of esters is 1. The van der Waals surface area contributed by atoms with Gasteiger partial charge in [-0.05, 0) is 36.4 Å². The molecule has 0 fully saturated rings. The molecular formula is C19H14F2N2O4S. The van der Waals surface area contributed by atoms with Gasteiger partial charge in [-0.2, -0.15) is 0 Å². The largest absolute Gasteiger partial charge is 0.497 e. The number of para-hydroxylation sites is 1. The average molecular weight is 404 g/mol. The molecule has 144 valence electrons. The Balaban J connectivity index is 1.59. The third-order valence-electron chi connectivity index (χ3n) is 3.61. The number of nitrogens with zero attached hydrogens (tertiary/aromatic N) is 1. The van der Waals surface area contributed by atoms with Crippen LogP contribution in [0.25, 0.3) is 10.6 Å². The van der Waals surface area contributed by atoms with Crippen molar-refractivity contribution in [1.29, 1.82) is 0 Å². The summed E-state index contributed by atoms with van der Waals surface area (Å²) >= 11 is 1.23. The monoisotopic (exact) mass is 404 g/mol. The number of amides is 1. The number of aromatic nitrogens is 1.